The smallest absolute Gasteiger partial charge is 0.136 e. The van der Waals surface area contributed by atoms with Gasteiger partial charge in [-0.15, -0.1) is 0 Å². The number of carbonyl (C=O) groups is 1. The van der Waals surface area contributed by atoms with Crippen LogP contribution in [0.25, 0.3) is 0 Å². The molecule has 1 aromatic rings. The van der Waals surface area contributed by atoms with Crippen LogP contribution in [0.5, 0.6) is 0 Å². The molecule has 0 amide bonds. The fourth-order valence-corrected chi connectivity index (χ4v) is 2.05. The van der Waals surface area contributed by atoms with E-state index in [1.807, 2.05) is 26.0 Å². The Morgan fingerprint density at radius 1 is 1.47 bits per heavy atom. The van der Waals surface area contributed by atoms with E-state index in [0.29, 0.717) is 18.6 Å². The molecule has 1 aliphatic heterocycles. The van der Waals surface area contributed by atoms with Crippen molar-refractivity contribution in [2.75, 3.05) is 0 Å². The minimum atomic E-state index is 0.0983. The van der Waals surface area contributed by atoms with Crippen molar-refractivity contribution in [2.45, 2.75) is 38.8 Å². The van der Waals surface area contributed by atoms with Crippen LogP contribution in [0.2, 0.25) is 0 Å². The predicted molar refractivity (Wildman–Crippen MR) is 58.6 cm³/mol. The van der Waals surface area contributed by atoms with Gasteiger partial charge in [-0.05, 0) is 31.5 Å². The van der Waals surface area contributed by atoms with Crippen LogP contribution >= 0.6 is 0 Å². The molecule has 0 bridgehead atoms. The van der Waals surface area contributed by atoms with Gasteiger partial charge in [0.1, 0.15) is 5.78 Å². The van der Waals surface area contributed by atoms with E-state index in [1.54, 1.807) is 6.20 Å². The molecular formula is C12H16N2O. The van der Waals surface area contributed by atoms with E-state index in [4.69, 9.17) is 0 Å². The first-order valence-corrected chi connectivity index (χ1v) is 5.35. The molecule has 2 heterocycles. The molecular weight excluding hydrogens is 188 g/mol. The molecule has 3 heteroatoms. The minimum absolute atomic E-state index is 0.0983. The molecule has 0 saturated carbocycles. The van der Waals surface area contributed by atoms with Gasteiger partial charge in [0.15, 0.2) is 0 Å². The fourth-order valence-electron chi connectivity index (χ4n) is 2.05. The molecule has 2 unspecified atom stereocenters. The molecule has 15 heavy (non-hydrogen) atoms. The third kappa shape index (κ3) is 2.42. The van der Waals surface area contributed by atoms with Crippen LogP contribution in [-0.2, 0) is 4.79 Å². The molecule has 80 valence electrons. The first kappa shape index (κ1) is 10.3. The summed E-state index contributed by atoms with van der Waals surface area (Å²) in [6.07, 6.45) is 3.01. The average molecular weight is 204 g/mol. The molecule has 2 atom stereocenters. The summed E-state index contributed by atoms with van der Waals surface area (Å²) in [7, 11) is 0. The summed E-state index contributed by atoms with van der Waals surface area (Å²) in [5, 5.41) is 3.41. The maximum Gasteiger partial charge on any atom is 0.136 e. The standard InChI is InChI=1S/C12H16N2O/c1-8-3-4-13-11(5-8)12-7-10(15)6-9(2)14-12/h3-5,9,12,14H,6-7H2,1-2H3. The van der Waals surface area contributed by atoms with Crippen molar-refractivity contribution in [1.29, 1.82) is 0 Å². The fraction of sp³-hybridized carbons (Fsp3) is 0.500. The maximum atomic E-state index is 11.5. The van der Waals surface area contributed by atoms with Gasteiger partial charge in [0.2, 0.25) is 0 Å². The number of pyridine rings is 1. The summed E-state index contributed by atoms with van der Waals surface area (Å²) in [4.78, 5) is 15.8. The molecule has 1 fully saturated rings. The second-order valence-electron chi connectivity index (χ2n) is 4.33. The minimum Gasteiger partial charge on any atom is -0.305 e. The van der Waals surface area contributed by atoms with Gasteiger partial charge in [-0.2, -0.15) is 0 Å². The summed E-state index contributed by atoms with van der Waals surface area (Å²) < 4.78 is 0. The zero-order chi connectivity index (χ0) is 10.8. The number of aromatic nitrogens is 1. The van der Waals surface area contributed by atoms with Crippen LogP contribution < -0.4 is 5.32 Å². The lowest BCUT2D eigenvalue weighted by Crippen LogP contribution is -2.39. The van der Waals surface area contributed by atoms with Crippen molar-refractivity contribution in [2.24, 2.45) is 0 Å². The summed E-state index contributed by atoms with van der Waals surface area (Å²) in [6.45, 7) is 4.08. The second-order valence-corrected chi connectivity index (χ2v) is 4.33. The topological polar surface area (TPSA) is 42.0 Å². The van der Waals surface area contributed by atoms with Crippen LogP contribution in [-0.4, -0.2) is 16.8 Å². The van der Waals surface area contributed by atoms with Crippen molar-refractivity contribution in [3.05, 3.63) is 29.6 Å². The summed E-state index contributed by atoms with van der Waals surface area (Å²) in [5.74, 6) is 0.328. The van der Waals surface area contributed by atoms with Crippen molar-refractivity contribution in [3.63, 3.8) is 0 Å². The van der Waals surface area contributed by atoms with Crippen molar-refractivity contribution >= 4 is 5.78 Å². The number of hydrogen-bond acceptors (Lipinski definition) is 3. The molecule has 1 aliphatic rings. The predicted octanol–water partition coefficient (Wildman–Crippen LogP) is 1.77. The van der Waals surface area contributed by atoms with E-state index in [2.05, 4.69) is 10.3 Å². The number of hydrogen-bond donors (Lipinski definition) is 1. The number of ketones is 1. The van der Waals surface area contributed by atoms with E-state index in [-0.39, 0.29) is 12.1 Å². The Hall–Kier alpha value is -1.22. The molecule has 1 saturated heterocycles. The third-order valence-corrected chi connectivity index (χ3v) is 2.74. The number of aryl methyl sites for hydroxylation is 1. The maximum absolute atomic E-state index is 11.5. The Bertz CT molecular complexity index is 376. The van der Waals surface area contributed by atoms with E-state index >= 15 is 0 Å². The van der Waals surface area contributed by atoms with Crippen LogP contribution in [0.4, 0.5) is 0 Å². The summed E-state index contributed by atoms with van der Waals surface area (Å²) >= 11 is 0. The van der Waals surface area contributed by atoms with Gasteiger partial charge >= 0.3 is 0 Å². The number of carbonyl (C=O) groups excluding carboxylic acids is 1. The Morgan fingerprint density at radius 2 is 2.27 bits per heavy atom. The normalized spacial score (nSPS) is 26.7. The summed E-state index contributed by atoms with van der Waals surface area (Å²) in [5.41, 5.74) is 2.17. The van der Waals surface area contributed by atoms with Gasteiger partial charge < -0.3 is 5.32 Å². The highest BCUT2D eigenvalue weighted by atomic mass is 16.1. The second kappa shape index (κ2) is 4.11. The van der Waals surface area contributed by atoms with Gasteiger partial charge in [-0.3, -0.25) is 9.78 Å². The molecule has 0 spiro atoms. The number of rotatable bonds is 1. The van der Waals surface area contributed by atoms with Gasteiger partial charge in [0.05, 0.1) is 11.7 Å². The third-order valence-electron chi connectivity index (χ3n) is 2.74. The summed E-state index contributed by atoms with van der Waals surface area (Å²) in [6, 6.07) is 4.38. The zero-order valence-electron chi connectivity index (χ0n) is 9.16. The quantitative estimate of drug-likeness (QED) is 0.758. The highest BCUT2D eigenvalue weighted by Gasteiger charge is 2.25. The van der Waals surface area contributed by atoms with Gasteiger partial charge in [0, 0.05) is 25.1 Å². The van der Waals surface area contributed by atoms with Crippen molar-refractivity contribution in [1.82, 2.24) is 10.3 Å². The molecule has 1 aromatic heterocycles. The van der Waals surface area contributed by atoms with Crippen molar-refractivity contribution in [3.8, 4) is 0 Å². The molecule has 0 radical (unpaired) electrons. The van der Waals surface area contributed by atoms with Crippen molar-refractivity contribution < 1.29 is 4.79 Å². The number of nitrogens with one attached hydrogen (secondary N) is 1. The van der Waals surface area contributed by atoms with Crippen LogP contribution in [0.1, 0.15) is 37.1 Å². The molecule has 2 rings (SSSR count). The van der Waals surface area contributed by atoms with Crippen LogP contribution in [0.15, 0.2) is 18.3 Å². The lowest BCUT2D eigenvalue weighted by Gasteiger charge is -2.27. The Balaban J connectivity index is 2.19. The van der Waals surface area contributed by atoms with Gasteiger partial charge in [-0.1, -0.05) is 0 Å². The first-order chi connectivity index (χ1) is 7.15. The van der Waals surface area contributed by atoms with Gasteiger partial charge in [-0.25, -0.2) is 0 Å². The van der Waals surface area contributed by atoms with E-state index in [1.165, 1.54) is 5.56 Å². The Kier molecular flexibility index (Phi) is 2.82. The molecule has 0 aromatic carbocycles. The van der Waals surface area contributed by atoms with Gasteiger partial charge in [0.25, 0.3) is 0 Å². The molecule has 0 aliphatic carbocycles. The van der Waals surface area contributed by atoms with E-state index in [9.17, 15) is 4.79 Å². The number of Topliss-reactive ketones (excluding diaryl/α,β-unsaturated/α-hetero) is 1. The monoisotopic (exact) mass is 204 g/mol. The lowest BCUT2D eigenvalue weighted by molar-refractivity contribution is -0.121. The number of piperidine rings is 1. The Morgan fingerprint density at radius 3 is 2.93 bits per heavy atom. The van der Waals surface area contributed by atoms with Crippen LogP contribution in [0.3, 0.4) is 0 Å². The largest absolute Gasteiger partial charge is 0.305 e. The zero-order valence-corrected chi connectivity index (χ0v) is 9.16. The van der Waals surface area contributed by atoms with Crippen LogP contribution in [0, 0.1) is 6.92 Å². The average Bonchev–Trinajstić information content (AvgIpc) is 2.16. The highest BCUT2D eigenvalue weighted by molar-refractivity contribution is 5.80. The van der Waals surface area contributed by atoms with E-state index in [0.717, 1.165) is 5.69 Å². The van der Waals surface area contributed by atoms with E-state index < -0.39 is 0 Å². The molecule has 1 N–H and O–H groups in total. The first-order valence-electron chi connectivity index (χ1n) is 5.35. The lowest BCUT2D eigenvalue weighted by atomic mass is 9.95. The highest BCUT2D eigenvalue weighted by Crippen LogP contribution is 2.22. The Labute approximate surface area is 89.9 Å². The number of nitrogens with zero attached hydrogens (tertiary/aromatic N) is 1. The SMILES string of the molecule is Cc1ccnc(C2CC(=O)CC(C)N2)c1. The molecule has 3 nitrogen and oxygen atoms in total.